The first kappa shape index (κ1) is 21.4. The molecule has 1 amide bonds. The van der Waals surface area contributed by atoms with Gasteiger partial charge in [0.15, 0.2) is 0 Å². The fraction of sp³-hybridized carbons (Fsp3) is 0.348. The molecule has 1 fully saturated rings. The lowest BCUT2D eigenvalue weighted by Crippen LogP contribution is -2.46. The minimum Gasteiger partial charge on any atom is -0.354 e. The number of thiazole rings is 1. The first-order valence-electron chi connectivity index (χ1n) is 10.5. The highest BCUT2D eigenvalue weighted by Crippen LogP contribution is 2.28. The lowest BCUT2D eigenvalue weighted by molar-refractivity contribution is 0.0954. The monoisotopic (exact) mass is 439 g/mol. The fourth-order valence-corrected chi connectivity index (χ4v) is 4.58. The van der Waals surface area contributed by atoms with Gasteiger partial charge in [-0.1, -0.05) is 13.0 Å². The van der Waals surface area contributed by atoms with Crippen LogP contribution in [0.5, 0.6) is 0 Å². The maximum absolute atomic E-state index is 13.1. The number of benzene rings is 1. The summed E-state index contributed by atoms with van der Waals surface area (Å²) in [5.74, 6) is 0.522. The Morgan fingerprint density at radius 3 is 2.52 bits per heavy atom. The number of amides is 1. The molecule has 0 aliphatic carbocycles. The van der Waals surface area contributed by atoms with E-state index in [4.69, 9.17) is 0 Å². The molecule has 1 N–H and O–H groups in total. The molecule has 162 valence electrons. The topological polar surface area (TPSA) is 61.4 Å². The molecule has 0 bridgehead atoms. The Kier molecular flexibility index (Phi) is 6.58. The number of carbonyl (C=O) groups excluding carboxylic acids is 1. The summed E-state index contributed by atoms with van der Waals surface area (Å²) in [5, 5.41) is 3.66. The van der Waals surface area contributed by atoms with Crippen LogP contribution in [0.4, 0.5) is 10.2 Å². The van der Waals surface area contributed by atoms with Crippen molar-refractivity contribution in [2.75, 3.05) is 37.6 Å². The molecule has 1 aromatic carbocycles. The van der Waals surface area contributed by atoms with Crippen LogP contribution in [0.15, 0.2) is 42.6 Å². The maximum Gasteiger partial charge on any atom is 0.263 e. The quantitative estimate of drug-likeness (QED) is 0.634. The van der Waals surface area contributed by atoms with E-state index in [1.54, 1.807) is 12.1 Å². The number of pyridine rings is 1. The van der Waals surface area contributed by atoms with Crippen LogP contribution in [0, 0.1) is 12.7 Å². The predicted molar refractivity (Wildman–Crippen MR) is 122 cm³/mol. The van der Waals surface area contributed by atoms with Crippen molar-refractivity contribution in [1.29, 1.82) is 0 Å². The molecule has 0 spiro atoms. The van der Waals surface area contributed by atoms with Gasteiger partial charge in [-0.3, -0.25) is 4.79 Å². The van der Waals surface area contributed by atoms with Crippen LogP contribution < -0.4 is 10.2 Å². The van der Waals surface area contributed by atoms with Crippen molar-refractivity contribution in [1.82, 2.24) is 20.2 Å². The van der Waals surface area contributed by atoms with E-state index < -0.39 is 0 Å². The maximum atomic E-state index is 13.1. The third-order valence-corrected chi connectivity index (χ3v) is 6.70. The first-order valence-corrected chi connectivity index (χ1v) is 11.3. The number of halogens is 1. The summed E-state index contributed by atoms with van der Waals surface area (Å²) in [7, 11) is 0. The minimum absolute atomic E-state index is 0.164. The van der Waals surface area contributed by atoms with Gasteiger partial charge < -0.3 is 15.1 Å². The molecule has 3 aromatic rings. The van der Waals surface area contributed by atoms with E-state index in [0.29, 0.717) is 22.1 Å². The number of likely N-dealkylation sites (N-methyl/N-ethyl adjacent to an activating group) is 1. The molecular formula is C23H26FN5OS. The average Bonchev–Trinajstić information content (AvgIpc) is 3.20. The standard InChI is InChI=1S/C23H26FN5OS/c1-3-28-10-12-29(13-11-28)20-9-4-17(14-25-20)15-26-22(30)21-16(2)27-23(31-21)18-5-7-19(24)8-6-18/h4-9,14H,3,10-13,15H2,1-2H3,(H,26,30). The van der Waals surface area contributed by atoms with Crippen LogP contribution in [0.1, 0.15) is 27.9 Å². The molecule has 1 saturated heterocycles. The number of nitrogens with one attached hydrogen (secondary N) is 1. The Bertz CT molecular complexity index is 1030. The third kappa shape index (κ3) is 5.08. The number of aromatic nitrogens is 2. The second-order valence-electron chi connectivity index (χ2n) is 7.57. The highest BCUT2D eigenvalue weighted by molar-refractivity contribution is 7.17. The largest absolute Gasteiger partial charge is 0.354 e. The summed E-state index contributed by atoms with van der Waals surface area (Å²) < 4.78 is 13.1. The van der Waals surface area contributed by atoms with Crippen LogP contribution in [-0.2, 0) is 6.54 Å². The van der Waals surface area contributed by atoms with Crippen molar-refractivity contribution in [3.8, 4) is 10.6 Å². The molecule has 1 aliphatic rings. The van der Waals surface area contributed by atoms with E-state index in [0.717, 1.165) is 49.7 Å². The van der Waals surface area contributed by atoms with Crippen molar-refractivity contribution >= 4 is 23.1 Å². The van der Waals surface area contributed by atoms with E-state index in [1.807, 2.05) is 25.3 Å². The zero-order chi connectivity index (χ0) is 21.8. The van der Waals surface area contributed by atoms with E-state index in [2.05, 4.69) is 32.0 Å². The van der Waals surface area contributed by atoms with Crippen LogP contribution in [0.2, 0.25) is 0 Å². The molecule has 4 rings (SSSR count). The van der Waals surface area contributed by atoms with Gasteiger partial charge in [-0.05, 0) is 49.4 Å². The molecular weight excluding hydrogens is 413 g/mol. The highest BCUT2D eigenvalue weighted by Gasteiger charge is 2.18. The Balaban J connectivity index is 1.35. The number of hydrogen-bond acceptors (Lipinski definition) is 6. The Morgan fingerprint density at radius 1 is 1.13 bits per heavy atom. The Hall–Kier alpha value is -2.84. The van der Waals surface area contributed by atoms with Crippen molar-refractivity contribution < 1.29 is 9.18 Å². The van der Waals surface area contributed by atoms with Crippen molar-refractivity contribution in [3.05, 3.63) is 64.5 Å². The normalized spacial score (nSPS) is 14.6. The molecule has 31 heavy (non-hydrogen) atoms. The SMILES string of the molecule is CCN1CCN(c2ccc(CNC(=O)c3sc(-c4ccc(F)cc4)nc3C)cn2)CC1. The molecule has 6 nitrogen and oxygen atoms in total. The predicted octanol–water partition coefficient (Wildman–Crippen LogP) is 3.72. The van der Waals surface area contributed by atoms with Gasteiger partial charge in [-0.2, -0.15) is 0 Å². The Morgan fingerprint density at radius 2 is 1.87 bits per heavy atom. The number of piperazine rings is 1. The summed E-state index contributed by atoms with van der Waals surface area (Å²) in [6.45, 7) is 9.58. The van der Waals surface area contributed by atoms with E-state index in [1.165, 1.54) is 23.5 Å². The fourth-order valence-electron chi connectivity index (χ4n) is 3.59. The zero-order valence-corrected chi connectivity index (χ0v) is 18.6. The molecule has 0 atom stereocenters. The first-order chi connectivity index (χ1) is 15.0. The number of nitrogens with zero attached hydrogens (tertiary/aromatic N) is 4. The van der Waals surface area contributed by atoms with Crippen molar-refractivity contribution in [3.63, 3.8) is 0 Å². The number of rotatable bonds is 6. The van der Waals surface area contributed by atoms with Gasteiger partial charge in [0.05, 0.1) is 5.69 Å². The lowest BCUT2D eigenvalue weighted by atomic mass is 10.2. The van der Waals surface area contributed by atoms with Gasteiger partial charge in [0, 0.05) is 44.5 Å². The lowest BCUT2D eigenvalue weighted by Gasteiger charge is -2.34. The van der Waals surface area contributed by atoms with E-state index in [9.17, 15) is 9.18 Å². The molecule has 8 heteroatoms. The summed E-state index contributed by atoms with van der Waals surface area (Å²) in [6, 6.07) is 10.2. The average molecular weight is 440 g/mol. The van der Waals surface area contributed by atoms with Crippen molar-refractivity contribution in [2.45, 2.75) is 20.4 Å². The van der Waals surface area contributed by atoms with Crippen LogP contribution in [0.25, 0.3) is 10.6 Å². The summed E-state index contributed by atoms with van der Waals surface area (Å²) in [5.41, 5.74) is 2.42. The van der Waals surface area contributed by atoms with Gasteiger partial charge in [0.1, 0.15) is 21.5 Å². The number of carbonyl (C=O) groups is 1. The summed E-state index contributed by atoms with van der Waals surface area (Å²) in [6.07, 6.45) is 1.82. The number of anilines is 1. The van der Waals surface area contributed by atoms with Gasteiger partial charge in [0.25, 0.3) is 5.91 Å². The molecule has 2 aromatic heterocycles. The van der Waals surface area contributed by atoms with Crippen LogP contribution >= 0.6 is 11.3 Å². The van der Waals surface area contributed by atoms with Crippen LogP contribution in [0.3, 0.4) is 0 Å². The highest BCUT2D eigenvalue weighted by atomic mass is 32.1. The minimum atomic E-state index is -0.294. The smallest absolute Gasteiger partial charge is 0.263 e. The van der Waals surface area contributed by atoms with Gasteiger partial charge in [-0.15, -0.1) is 11.3 Å². The summed E-state index contributed by atoms with van der Waals surface area (Å²) >= 11 is 1.31. The molecule has 1 aliphatic heterocycles. The molecule has 0 saturated carbocycles. The zero-order valence-electron chi connectivity index (χ0n) is 17.8. The second-order valence-corrected chi connectivity index (χ2v) is 8.57. The second kappa shape index (κ2) is 9.53. The van der Waals surface area contributed by atoms with Gasteiger partial charge in [0.2, 0.25) is 0 Å². The van der Waals surface area contributed by atoms with Gasteiger partial charge >= 0.3 is 0 Å². The number of aryl methyl sites for hydroxylation is 1. The van der Waals surface area contributed by atoms with Gasteiger partial charge in [-0.25, -0.2) is 14.4 Å². The molecule has 0 radical (unpaired) electrons. The molecule has 0 unspecified atom stereocenters. The number of hydrogen-bond donors (Lipinski definition) is 1. The van der Waals surface area contributed by atoms with Crippen LogP contribution in [-0.4, -0.2) is 53.5 Å². The van der Waals surface area contributed by atoms with E-state index in [-0.39, 0.29) is 11.7 Å². The van der Waals surface area contributed by atoms with E-state index >= 15 is 0 Å². The van der Waals surface area contributed by atoms with Crippen molar-refractivity contribution in [2.24, 2.45) is 0 Å². The Labute approximate surface area is 185 Å². The summed E-state index contributed by atoms with van der Waals surface area (Å²) in [4.78, 5) is 27.0. The molecule has 3 heterocycles. The third-order valence-electron chi connectivity index (χ3n) is 5.50.